The van der Waals surface area contributed by atoms with Crippen LogP contribution in [0.3, 0.4) is 0 Å². The number of imidazole rings is 2. The highest BCUT2D eigenvalue weighted by atomic mass is 35.5. The van der Waals surface area contributed by atoms with Crippen molar-refractivity contribution in [2.24, 2.45) is 0 Å². The van der Waals surface area contributed by atoms with Crippen LogP contribution in [-0.2, 0) is 18.8 Å². The summed E-state index contributed by atoms with van der Waals surface area (Å²) < 4.78 is 19.6. The average molecular weight is 512 g/mol. The Kier molecular flexibility index (Phi) is 5.53. The minimum atomic E-state index is -0.547. The fourth-order valence-corrected chi connectivity index (χ4v) is 4.70. The van der Waals surface area contributed by atoms with Crippen LogP contribution in [0.25, 0.3) is 11.2 Å². The topological polar surface area (TPSA) is 82.4 Å². The molecule has 0 N–H and O–H groups in total. The van der Waals surface area contributed by atoms with Gasteiger partial charge in [-0.05, 0) is 42.9 Å². The third-order valence-electron chi connectivity index (χ3n) is 6.30. The second kappa shape index (κ2) is 8.73. The molecule has 0 spiro atoms. The number of fused-ring (bicyclic) bond motifs is 2. The number of halogens is 3. The summed E-state index contributed by atoms with van der Waals surface area (Å²) in [5.41, 5.74) is 4.91. The van der Waals surface area contributed by atoms with Gasteiger partial charge in [-0.3, -0.25) is 4.79 Å². The highest BCUT2D eigenvalue weighted by molar-refractivity contribution is 6.31. The van der Waals surface area contributed by atoms with E-state index in [1.807, 2.05) is 10.6 Å². The molecule has 0 radical (unpaired) electrons. The van der Waals surface area contributed by atoms with Crippen molar-refractivity contribution in [1.82, 2.24) is 33.8 Å². The maximum Gasteiger partial charge on any atom is 0.185 e. The number of carbonyl (C=O) groups is 1. The summed E-state index contributed by atoms with van der Waals surface area (Å²) in [6.07, 6.45) is 11.6. The molecule has 1 aliphatic rings. The molecule has 0 aromatic carbocycles. The first-order chi connectivity index (χ1) is 17.0. The lowest BCUT2D eigenvalue weighted by molar-refractivity contribution is 0.0977. The van der Waals surface area contributed by atoms with E-state index in [2.05, 4.69) is 27.6 Å². The van der Waals surface area contributed by atoms with Crippen LogP contribution in [0.15, 0.2) is 43.2 Å². The van der Waals surface area contributed by atoms with Gasteiger partial charge in [-0.25, -0.2) is 19.0 Å². The van der Waals surface area contributed by atoms with E-state index in [-0.39, 0.29) is 34.9 Å². The Hall–Kier alpha value is -3.30. The molecular formula is C24H20Cl2FN7O. The number of ketones is 1. The number of Topliss-reactive ketones (excluding diaryl/α,β-unsaturated/α-hetero) is 1. The second-order valence-corrected chi connectivity index (χ2v) is 9.49. The van der Waals surface area contributed by atoms with Crippen molar-refractivity contribution in [2.75, 3.05) is 0 Å². The largest absolute Gasteiger partial charge is 0.306 e. The van der Waals surface area contributed by atoms with Gasteiger partial charge < -0.3 is 8.80 Å². The maximum absolute atomic E-state index is 14.4. The fraction of sp³-hybridized carbons (Fsp3) is 0.292. The molecule has 0 atom stereocenters. The number of pyridine rings is 2. The molecule has 178 valence electrons. The Morgan fingerprint density at radius 1 is 1.20 bits per heavy atom. The number of aryl methyl sites for hydroxylation is 1. The van der Waals surface area contributed by atoms with Crippen molar-refractivity contribution in [1.29, 1.82) is 0 Å². The number of hydrogen-bond donors (Lipinski definition) is 0. The Morgan fingerprint density at radius 2 is 2.06 bits per heavy atom. The Bertz CT molecular complexity index is 1580. The van der Waals surface area contributed by atoms with Gasteiger partial charge in [0.25, 0.3) is 0 Å². The molecule has 0 unspecified atom stereocenters. The first kappa shape index (κ1) is 22.2. The van der Waals surface area contributed by atoms with E-state index < -0.39 is 5.82 Å². The summed E-state index contributed by atoms with van der Waals surface area (Å²) >= 11 is 12.1. The Balaban J connectivity index is 1.16. The third kappa shape index (κ3) is 4.19. The lowest BCUT2D eigenvalue weighted by Crippen LogP contribution is -2.03. The third-order valence-corrected chi connectivity index (χ3v) is 6.88. The van der Waals surface area contributed by atoms with Crippen molar-refractivity contribution >= 4 is 40.1 Å². The van der Waals surface area contributed by atoms with Crippen LogP contribution in [0.1, 0.15) is 58.2 Å². The van der Waals surface area contributed by atoms with E-state index in [4.69, 9.17) is 28.2 Å². The molecule has 0 aliphatic heterocycles. The summed E-state index contributed by atoms with van der Waals surface area (Å²) in [7, 11) is 0. The number of carbonyl (C=O) groups excluding carboxylic acids is 1. The minimum Gasteiger partial charge on any atom is -0.306 e. The van der Waals surface area contributed by atoms with Crippen LogP contribution >= 0.6 is 23.2 Å². The van der Waals surface area contributed by atoms with Crippen molar-refractivity contribution in [3.05, 3.63) is 82.3 Å². The molecule has 5 aromatic rings. The van der Waals surface area contributed by atoms with Crippen LogP contribution in [-0.4, -0.2) is 39.5 Å². The first-order valence-corrected chi connectivity index (χ1v) is 12.2. The molecule has 5 aromatic heterocycles. The Morgan fingerprint density at radius 3 is 2.86 bits per heavy atom. The van der Waals surface area contributed by atoms with E-state index in [9.17, 15) is 9.18 Å². The van der Waals surface area contributed by atoms with Crippen LogP contribution in [0, 0.1) is 5.82 Å². The molecule has 35 heavy (non-hydrogen) atoms. The normalized spacial score (nSPS) is 13.8. The van der Waals surface area contributed by atoms with Gasteiger partial charge in [-0.15, -0.1) is 16.7 Å². The van der Waals surface area contributed by atoms with Gasteiger partial charge in [0.1, 0.15) is 16.9 Å². The van der Waals surface area contributed by atoms with E-state index >= 15 is 0 Å². The number of rotatable bonds is 8. The molecule has 0 saturated heterocycles. The molecule has 5 heterocycles. The highest BCUT2D eigenvalue weighted by Crippen LogP contribution is 2.40. The second-order valence-electron chi connectivity index (χ2n) is 8.82. The van der Waals surface area contributed by atoms with Gasteiger partial charge >= 0.3 is 0 Å². The van der Waals surface area contributed by atoms with Gasteiger partial charge in [-0.1, -0.05) is 16.8 Å². The van der Waals surface area contributed by atoms with E-state index in [1.165, 1.54) is 30.8 Å². The smallest absolute Gasteiger partial charge is 0.185 e. The van der Waals surface area contributed by atoms with E-state index in [1.54, 1.807) is 21.5 Å². The highest BCUT2D eigenvalue weighted by Gasteiger charge is 2.25. The monoisotopic (exact) mass is 511 g/mol. The molecule has 0 amide bonds. The van der Waals surface area contributed by atoms with Gasteiger partial charge in [0.15, 0.2) is 11.6 Å². The van der Waals surface area contributed by atoms with Crippen LogP contribution in [0.2, 0.25) is 5.02 Å². The molecule has 6 rings (SSSR count). The van der Waals surface area contributed by atoms with Crippen molar-refractivity contribution in [2.45, 2.75) is 44.0 Å². The predicted molar refractivity (Wildman–Crippen MR) is 129 cm³/mol. The molecule has 1 fully saturated rings. The average Bonchev–Trinajstić information content (AvgIpc) is 3.26. The van der Waals surface area contributed by atoms with Crippen LogP contribution < -0.4 is 0 Å². The molecule has 8 nitrogen and oxygen atoms in total. The quantitative estimate of drug-likeness (QED) is 0.219. The van der Waals surface area contributed by atoms with Gasteiger partial charge in [-0.2, -0.15) is 0 Å². The van der Waals surface area contributed by atoms with E-state index in [0.717, 1.165) is 16.9 Å². The molecular weight excluding hydrogens is 492 g/mol. The minimum absolute atomic E-state index is 0.0161. The van der Waals surface area contributed by atoms with Gasteiger partial charge in [0, 0.05) is 30.6 Å². The number of nitrogens with zero attached hydrogens (tertiary/aromatic N) is 7. The lowest BCUT2D eigenvalue weighted by Gasteiger charge is -2.04. The lowest BCUT2D eigenvalue weighted by atomic mass is 10.1. The molecule has 1 saturated carbocycles. The van der Waals surface area contributed by atoms with Crippen LogP contribution in [0.4, 0.5) is 4.39 Å². The summed E-state index contributed by atoms with van der Waals surface area (Å²) in [6, 6.07) is 3.61. The SMILES string of the molecule is O=C(CCc1ncn2ccc(Cl)c(F)c12)c1cn(Cc2cn3cc(C4CC4)cc(CCl)c3n2)nn1. The van der Waals surface area contributed by atoms with Gasteiger partial charge in [0.2, 0.25) is 0 Å². The summed E-state index contributed by atoms with van der Waals surface area (Å²) in [5.74, 6) is 0.261. The molecule has 11 heteroatoms. The molecule has 1 aliphatic carbocycles. The number of hydrogen-bond acceptors (Lipinski definition) is 5. The van der Waals surface area contributed by atoms with Gasteiger partial charge in [0.05, 0.1) is 41.4 Å². The standard InChI is InChI=1S/C24H20Cl2FN7O/c25-8-15-7-16(14-1-2-14)9-33-10-17(29-24(15)33)11-34-12-20(30-31-34)21(35)4-3-19-23-22(27)18(26)5-6-32(23)13-28-19/h5-7,9-10,12-14H,1-4,8,11H2. The van der Waals surface area contributed by atoms with Crippen molar-refractivity contribution in [3.63, 3.8) is 0 Å². The maximum atomic E-state index is 14.4. The first-order valence-electron chi connectivity index (χ1n) is 11.3. The zero-order chi connectivity index (χ0) is 24.1. The molecule has 0 bridgehead atoms. The van der Waals surface area contributed by atoms with Crippen molar-refractivity contribution in [3.8, 4) is 0 Å². The van der Waals surface area contributed by atoms with E-state index in [0.29, 0.717) is 24.0 Å². The van der Waals surface area contributed by atoms with Crippen LogP contribution in [0.5, 0.6) is 0 Å². The Labute approximate surface area is 209 Å². The number of alkyl halides is 1. The van der Waals surface area contributed by atoms with Crippen molar-refractivity contribution < 1.29 is 9.18 Å². The predicted octanol–water partition coefficient (Wildman–Crippen LogP) is 4.85. The summed E-state index contributed by atoms with van der Waals surface area (Å²) in [5, 5.41) is 8.14. The fourth-order valence-electron chi connectivity index (χ4n) is 4.36. The number of aromatic nitrogens is 7. The zero-order valence-corrected chi connectivity index (χ0v) is 20.0. The summed E-state index contributed by atoms with van der Waals surface area (Å²) in [4.78, 5) is 21.7. The summed E-state index contributed by atoms with van der Waals surface area (Å²) in [6.45, 7) is 0.373. The zero-order valence-electron chi connectivity index (χ0n) is 18.5.